The predicted molar refractivity (Wildman–Crippen MR) is 70.2 cm³/mol. The maximum atomic E-state index is 9.88. The first kappa shape index (κ1) is 12.5. The highest BCUT2D eigenvalue weighted by Crippen LogP contribution is 2.23. The summed E-state index contributed by atoms with van der Waals surface area (Å²) in [5.74, 6) is 0.0550. The number of hydrogen-bond donors (Lipinski definition) is 2. The van der Waals surface area contributed by atoms with Crippen molar-refractivity contribution in [2.75, 3.05) is 0 Å². The van der Waals surface area contributed by atoms with Crippen molar-refractivity contribution in [2.24, 2.45) is 5.92 Å². The van der Waals surface area contributed by atoms with E-state index in [1.165, 1.54) is 0 Å². The Morgan fingerprint density at radius 3 is 2.59 bits per heavy atom. The SMILES string of the molecule is CC(C)C(O)C(O)Cc1nc2ccccc2s1. The minimum Gasteiger partial charge on any atom is -0.390 e. The summed E-state index contributed by atoms with van der Waals surface area (Å²) in [6, 6.07) is 7.90. The maximum absolute atomic E-state index is 9.88. The molecule has 2 N–H and O–H groups in total. The van der Waals surface area contributed by atoms with Gasteiger partial charge in [-0.05, 0) is 18.1 Å². The van der Waals surface area contributed by atoms with Gasteiger partial charge in [0.25, 0.3) is 0 Å². The van der Waals surface area contributed by atoms with Crippen molar-refractivity contribution in [2.45, 2.75) is 32.5 Å². The molecule has 0 spiro atoms. The highest BCUT2D eigenvalue weighted by atomic mass is 32.1. The molecule has 0 radical (unpaired) electrons. The van der Waals surface area contributed by atoms with E-state index in [9.17, 15) is 10.2 Å². The molecule has 92 valence electrons. The molecule has 0 aliphatic carbocycles. The van der Waals surface area contributed by atoms with Crippen molar-refractivity contribution in [3.63, 3.8) is 0 Å². The van der Waals surface area contributed by atoms with Crippen molar-refractivity contribution < 1.29 is 10.2 Å². The third-order valence-corrected chi connectivity index (χ3v) is 3.86. The second-order valence-corrected chi connectivity index (χ2v) is 5.70. The average molecular weight is 251 g/mol. The lowest BCUT2D eigenvalue weighted by atomic mass is 10.00. The minimum atomic E-state index is -0.740. The van der Waals surface area contributed by atoms with Crippen molar-refractivity contribution >= 4 is 21.6 Å². The zero-order valence-electron chi connectivity index (χ0n) is 10.00. The molecule has 17 heavy (non-hydrogen) atoms. The lowest BCUT2D eigenvalue weighted by molar-refractivity contribution is -0.00731. The average Bonchev–Trinajstić information content (AvgIpc) is 2.69. The monoisotopic (exact) mass is 251 g/mol. The van der Waals surface area contributed by atoms with E-state index >= 15 is 0 Å². The van der Waals surface area contributed by atoms with Crippen molar-refractivity contribution in [3.8, 4) is 0 Å². The van der Waals surface area contributed by atoms with Crippen LogP contribution in [0.25, 0.3) is 10.2 Å². The summed E-state index contributed by atoms with van der Waals surface area (Å²) < 4.78 is 1.12. The molecule has 0 bridgehead atoms. The van der Waals surface area contributed by atoms with Gasteiger partial charge in [-0.15, -0.1) is 11.3 Å². The van der Waals surface area contributed by atoms with Crippen LogP contribution in [0.2, 0.25) is 0 Å². The van der Waals surface area contributed by atoms with E-state index in [-0.39, 0.29) is 5.92 Å². The first-order chi connectivity index (χ1) is 8.08. The van der Waals surface area contributed by atoms with Gasteiger partial charge in [-0.2, -0.15) is 0 Å². The van der Waals surface area contributed by atoms with Crippen LogP contribution in [0.15, 0.2) is 24.3 Å². The lowest BCUT2D eigenvalue weighted by Gasteiger charge is -2.19. The summed E-state index contributed by atoms with van der Waals surface area (Å²) in [6.07, 6.45) is -1.02. The van der Waals surface area contributed by atoms with Crippen LogP contribution in [0.1, 0.15) is 18.9 Å². The largest absolute Gasteiger partial charge is 0.390 e. The van der Waals surface area contributed by atoms with E-state index in [0.717, 1.165) is 15.2 Å². The fourth-order valence-electron chi connectivity index (χ4n) is 1.75. The van der Waals surface area contributed by atoms with Crippen molar-refractivity contribution in [3.05, 3.63) is 29.3 Å². The quantitative estimate of drug-likeness (QED) is 0.876. The van der Waals surface area contributed by atoms with Gasteiger partial charge in [0.15, 0.2) is 0 Å². The van der Waals surface area contributed by atoms with Gasteiger partial charge in [-0.1, -0.05) is 26.0 Å². The highest BCUT2D eigenvalue weighted by molar-refractivity contribution is 7.18. The fraction of sp³-hybridized carbons (Fsp3) is 0.462. The fourth-order valence-corrected chi connectivity index (χ4v) is 2.77. The molecule has 0 aliphatic rings. The molecule has 1 aromatic heterocycles. The summed E-state index contributed by atoms with van der Waals surface area (Å²) in [7, 11) is 0. The number of nitrogens with zero attached hydrogens (tertiary/aromatic N) is 1. The van der Waals surface area contributed by atoms with Gasteiger partial charge >= 0.3 is 0 Å². The topological polar surface area (TPSA) is 53.4 Å². The number of aliphatic hydroxyl groups is 2. The zero-order valence-corrected chi connectivity index (χ0v) is 10.8. The first-order valence-electron chi connectivity index (χ1n) is 5.78. The van der Waals surface area contributed by atoms with Crippen LogP contribution >= 0.6 is 11.3 Å². The number of aromatic nitrogens is 1. The molecule has 2 rings (SSSR count). The first-order valence-corrected chi connectivity index (χ1v) is 6.60. The van der Waals surface area contributed by atoms with Crippen LogP contribution in [-0.2, 0) is 6.42 Å². The van der Waals surface area contributed by atoms with E-state index in [1.807, 2.05) is 38.1 Å². The molecular weight excluding hydrogens is 234 g/mol. The van der Waals surface area contributed by atoms with Crippen LogP contribution in [0.4, 0.5) is 0 Å². The Kier molecular flexibility index (Phi) is 3.76. The maximum Gasteiger partial charge on any atom is 0.0965 e. The third-order valence-electron chi connectivity index (χ3n) is 2.80. The van der Waals surface area contributed by atoms with Gasteiger partial charge in [0.1, 0.15) is 0 Å². The summed E-state index contributed by atoms with van der Waals surface area (Å²) in [4.78, 5) is 4.44. The van der Waals surface area contributed by atoms with Gasteiger partial charge < -0.3 is 10.2 Å². The molecule has 1 aromatic carbocycles. The zero-order chi connectivity index (χ0) is 12.4. The van der Waals surface area contributed by atoms with E-state index in [4.69, 9.17) is 0 Å². The summed E-state index contributed by atoms with van der Waals surface area (Å²) in [6.45, 7) is 3.79. The standard InChI is InChI=1S/C13H17NO2S/c1-8(2)13(16)10(15)7-12-14-9-5-3-4-6-11(9)17-12/h3-6,8,10,13,15-16H,7H2,1-2H3. The van der Waals surface area contributed by atoms with Gasteiger partial charge in [0, 0.05) is 6.42 Å². The van der Waals surface area contributed by atoms with Crippen LogP contribution in [0.3, 0.4) is 0 Å². The number of para-hydroxylation sites is 1. The van der Waals surface area contributed by atoms with Crippen LogP contribution in [0, 0.1) is 5.92 Å². The Hall–Kier alpha value is -0.970. The smallest absolute Gasteiger partial charge is 0.0965 e. The second kappa shape index (κ2) is 5.12. The van der Waals surface area contributed by atoms with E-state index in [1.54, 1.807) is 11.3 Å². The molecule has 2 unspecified atom stereocenters. The van der Waals surface area contributed by atoms with Crippen molar-refractivity contribution in [1.82, 2.24) is 4.98 Å². The van der Waals surface area contributed by atoms with Crippen LogP contribution in [0.5, 0.6) is 0 Å². The molecule has 4 heteroatoms. The molecule has 0 saturated heterocycles. The number of fused-ring (bicyclic) bond motifs is 1. The minimum absolute atomic E-state index is 0.0550. The van der Waals surface area contributed by atoms with E-state index in [0.29, 0.717) is 6.42 Å². The number of hydrogen-bond acceptors (Lipinski definition) is 4. The molecule has 0 amide bonds. The summed E-state index contributed by atoms with van der Waals surface area (Å²) in [5, 5.41) is 20.5. The Morgan fingerprint density at radius 1 is 1.24 bits per heavy atom. The normalized spacial score (nSPS) is 15.4. The van der Waals surface area contributed by atoms with E-state index in [2.05, 4.69) is 4.98 Å². The van der Waals surface area contributed by atoms with Crippen LogP contribution in [-0.4, -0.2) is 27.4 Å². The molecule has 0 aliphatic heterocycles. The molecule has 2 atom stereocenters. The molecule has 1 heterocycles. The Labute approximate surface area is 105 Å². The van der Waals surface area contributed by atoms with Gasteiger partial charge in [-0.25, -0.2) is 4.98 Å². The van der Waals surface area contributed by atoms with Gasteiger partial charge in [0.05, 0.1) is 27.4 Å². The molecule has 3 nitrogen and oxygen atoms in total. The number of rotatable bonds is 4. The van der Waals surface area contributed by atoms with Crippen LogP contribution < -0.4 is 0 Å². The number of thiazole rings is 1. The number of benzene rings is 1. The third kappa shape index (κ3) is 2.83. The summed E-state index contributed by atoms with van der Waals surface area (Å²) in [5.41, 5.74) is 0.957. The molecule has 0 fully saturated rings. The second-order valence-electron chi connectivity index (χ2n) is 4.58. The predicted octanol–water partition coefficient (Wildman–Crippen LogP) is 2.22. The Bertz CT molecular complexity index is 462. The number of aliphatic hydroxyl groups excluding tert-OH is 2. The van der Waals surface area contributed by atoms with Crippen molar-refractivity contribution in [1.29, 1.82) is 0 Å². The van der Waals surface area contributed by atoms with Gasteiger partial charge in [0.2, 0.25) is 0 Å². The summed E-state index contributed by atoms with van der Waals surface area (Å²) >= 11 is 1.57. The molecular formula is C13H17NO2S. The van der Waals surface area contributed by atoms with Gasteiger partial charge in [-0.3, -0.25) is 0 Å². The Balaban J connectivity index is 2.13. The lowest BCUT2D eigenvalue weighted by Crippen LogP contribution is -2.32. The molecule has 2 aromatic rings. The van der Waals surface area contributed by atoms with E-state index < -0.39 is 12.2 Å². The Morgan fingerprint density at radius 2 is 1.94 bits per heavy atom. The highest BCUT2D eigenvalue weighted by Gasteiger charge is 2.21. The molecule has 0 saturated carbocycles.